The lowest BCUT2D eigenvalue weighted by Crippen LogP contribution is -2.15. The molecule has 190 valence electrons. The minimum atomic E-state index is -4.47. The van der Waals surface area contributed by atoms with Crippen LogP contribution in [0, 0.1) is 12.3 Å². The third-order valence-electron chi connectivity index (χ3n) is 4.38. The van der Waals surface area contributed by atoms with Crippen molar-refractivity contribution < 1.29 is 41.7 Å². The van der Waals surface area contributed by atoms with Crippen LogP contribution in [0.2, 0.25) is 0 Å². The van der Waals surface area contributed by atoms with Crippen molar-refractivity contribution in [3.8, 4) is 12.3 Å². The number of carbonyl (C=O) groups is 1. The lowest BCUT2D eigenvalue weighted by atomic mass is 10.1. The van der Waals surface area contributed by atoms with Gasteiger partial charge >= 0.3 is 12.1 Å². The average molecular weight is 495 g/mol. The van der Waals surface area contributed by atoms with Crippen molar-refractivity contribution in [2.24, 2.45) is 0 Å². The van der Waals surface area contributed by atoms with E-state index in [0.29, 0.717) is 45.3 Å². The summed E-state index contributed by atoms with van der Waals surface area (Å²) in [6, 6.07) is 11.1. The summed E-state index contributed by atoms with van der Waals surface area (Å²) < 4.78 is 65.1. The number of rotatable bonds is 16. The summed E-state index contributed by atoms with van der Waals surface area (Å²) in [6.45, 7) is 2.80. The Balaban J connectivity index is 1.64. The minimum absolute atomic E-state index is 0.0114. The lowest BCUT2D eigenvalue weighted by Gasteiger charge is -2.13. The molecular formula is C25H28F3NO6. The normalized spacial score (nSPS) is 11.1. The maximum atomic E-state index is 12.9. The molecule has 0 aliphatic heterocycles. The molecule has 0 amide bonds. The first-order chi connectivity index (χ1) is 16.9. The van der Waals surface area contributed by atoms with Crippen LogP contribution in [-0.2, 0) is 29.9 Å². The molecule has 0 aromatic heterocycles. The Morgan fingerprint density at radius 1 is 0.829 bits per heavy atom. The number of carbonyl (C=O) groups excluding carboxylic acids is 1. The van der Waals surface area contributed by atoms with Crippen LogP contribution < -0.4 is 5.32 Å². The van der Waals surface area contributed by atoms with Crippen LogP contribution in [0.25, 0.3) is 0 Å². The number of para-hydroxylation sites is 1. The van der Waals surface area contributed by atoms with Gasteiger partial charge in [0.2, 0.25) is 0 Å². The van der Waals surface area contributed by atoms with Crippen molar-refractivity contribution in [2.75, 3.05) is 64.8 Å². The second-order valence-corrected chi connectivity index (χ2v) is 6.98. The SMILES string of the molecule is C#CCOCCOCCOCCOCCOC(=O)c1ccccc1Nc1cccc(C(F)(F)F)c1. The van der Waals surface area contributed by atoms with Gasteiger partial charge in [-0.2, -0.15) is 13.2 Å². The molecular weight excluding hydrogens is 467 g/mol. The predicted octanol–water partition coefficient (Wildman–Crippen LogP) is 4.31. The van der Waals surface area contributed by atoms with Gasteiger partial charge in [-0.25, -0.2) is 4.79 Å². The monoisotopic (exact) mass is 495 g/mol. The Bertz CT molecular complexity index is 945. The maximum Gasteiger partial charge on any atom is 0.416 e. The standard InChI is InChI=1S/C25H28F3NO6/c1-2-10-31-11-12-32-13-14-33-15-16-34-17-18-35-24(30)22-8-3-4-9-23(22)29-21-7-5-6-20(19-21)25(26,27)28/h1,3-9,19,29H,10-18H2. The van der Waals surface area contributed by atoms with E-state index in [4.69, 9.17) is 30.1 Å². The minimum Gasteiger partial charge on any atom is -0.460 e. The molecule has 0 saturated heterocycles. The van der Waals surface area contributed by atoms with Gasteiger partial charge in [0.15, 0.2) is 0 Å². The topological polar surface area (TPSA) is 75.2 Å². The van der Waals surface area contributed by atoms with Gasteiger partial charge in [0.25, 0.3) is 0 Å². The Morgan fingerprint density at radius 3 is 2.06 bits per heavy atom. The first-order valence-corrected chi connectivity index (χ1v) is 10.9. The van der Waals surface area contributed by atoms with Crippen molar-refractivity contribution in [3.63, 3.8) is 0 Å². The third-order valence-corrected chi connectivity index (χ3v) is 4.38. The van der Waals surface area contributed by atoms with Crippen LogP contribution in [0.5, 0.6) is 0 Å². The summed E-state index contributed by atoms with van der Waals surface area (Å²) in [5, 5.41) is 2.84. The number of ether oxygens (including phenoxy) is 5. The molecule has 0 aliphatic carbocycles. The summed E-state index contributed by atoms with van der Waals surface area (Å²) in [5.41, 5.74) is -0.0677. The van der Waals surface area contributed by atoms with E-state index >= 15 is 0 Å². The Hall–Kier alpha value is -3.10. The molecule has 2 aromatic rings. The fourth-order valence-corrected chi connectivity index (χ4v) is 2.76. The highest BCUT2D eigenvalue weighted by Gasteiger charge is 2.30. The molecule has 0 saturated carbocycles. The zero-order valence-electron chi connectivity index (χ0n) is 19.1. The van der Waals surface area contributed by atoms with Crippen LogP contribution in [0.4, 0.5) is 24.5 Å². The summed E-state index contributed by atoms with van der Waals surface area (Å²) >= 11 is 0. The predicted molar refractivity (Wildman–Crippen MR) is 124 cm³/mol. The number of halogens is 3. The van der Waals surface area contributed by atoms with Crippen LogP contribution in [0.15, 0.2) is 48.5 Å². The van der Waals surface area contributed by atoms with E-state index in [0.717, 1.165) is 12.1 Å². The van der Waals surface area contributed by atoms with Gasteiger partial charge in [-0.1, -0.05) is 24.1 Å². The number of anilines is 2. The summed E-state index contributed by atoms with van der Waals surface area (Å²) in [7, 11) is 0. The zero-order valence-corrected chi connectivity index (χ0v) is 19.1. The van der Waals surface area contributed by atoms with Crippen LogP contribution >= 0.6 is 0 Å². The summed E-state index contributed by atoms with van der Waals surface area (Å²) in [6.07, 6.45) is 0.587. The van der Waals surface area contributed by atoms with Gasteiger partial charge < -0.3 is 29.0 Å². The van der Waals surface area contributed by atoms with Gasteiger partial charge in [-0.15, -0.1) is 6.42 Å². The average Bonchev–Trinajstić information content (AvgIpc) is 2.84. The Labute approximate surface area is 202 Å². The smallest absolute Gasteiger partial charge is 0.416 e. The van der Waals surface area contributed by atoms with Gasteiger partial charge in [0.05, 0.1) is 63.1 Å². The molecule has 2 aromatic carbocycles. The highest BCUT2D eigenvalue weighted by atomic mass is 19.4. The number of benzene rings is 2. The molecule has 2 rings (SSSR count). The molecule has 0 unspecified atom stereocenters. The first-order valence-electron chi connectivity index (χ1n) is 10.9. The summed E-state index contributed by atoms with van der Waals surface area (Å²) in [5.74, 6) is 1.74. The van der Waals surface area contributed by atoms with Crippen molar-refractivity contribution in [1.82, 2.24) is 0 Å². The van der Waals surface area contributed by atoms with Crippen molar-refractivity contribution >= 4 is 17.3 Å². The molecule has 0 bridgehead atoms. The highest BCUT2D eigenvalue weighted by molar-refractivity contribution is 5.96. The number of hydrogen-bond acceptors (Lipinski definition) is 7. The lowest BCUT2D eigenvalue weighted by molar-refractivity contribution is -0.137. The third kappa shape index (κ3) is 11.2. The molecule has 0 heterocycles. The van der Waals surface area contributed by atoms with Gasteiger partial charge in [-0.3, -0.25) is 0 Å². The van der Waals surface area contributed by atoms with E-state index in [1.165, 1.54) is 18.2 Å². The molecule has 0 radical (unpaired) electrons. The van der Waals surface area contributed by atoms with E-state index in [2.05, 4.69) is 11.2 Å². The van der Waals surface area contributed by atoms with E-state index < -0.39 is 17.7 Å². The van der Waals surface area contributed by atoms with Crippen molar-refractivity contribution in [2.45, 2.75) is 6.18 Å². The molecule has 0 spiro atoms. The molecule has 0 fully saturated rings. The Morgan fingerprint density at radius 2 is 1.43 bits per heavy atom. The van der Waals surface area contributed by atoms with E-state index in [1.807, 2.05) is 0 Å². The van der Waals surface area contributed by atoms with Crippen molar-refractivity contribution in [1.29, 1.82) is 0 Å². The fourth-order valence-electron chi connectivity index (χ4n) is 2.76. The van der Waals surface area contributed by atoms with Crippen LogP contribution in [0.3, 0.4) is 0 Å². The number of terminal acetylenes is 1. The zero-order chi connectivity index (χ0) is 25.4. The summed E-state index contributed by atoms with van der Waals surface area (Å²) in [4.78, 5) is 12.4. The highest BCUT2D eigenvalue weighted by Crippen LogP contribution is 2.32. The van der Waals surface area contributed by atoms with E-state index in [-0.39, 0.29) is 31.1 Å². The second-order valence-electron chi connectivity index (χ2n) is 6.98. The second kappa shape index (κ2) is 15.7. The van der Waals surface area contributed by atoms with Gasteiger partial charge in [0, 0.05) is 5.69 Å². The van der Waals surface area contributed by atoms with Crippen LogP contribution in [0.1, 0.15) is 15.9 Å². The quantitative estimate of drug-likeness (QED) is 0.211. The van der Waals surface area contributed by atoms with E-state index in [1.54, 1.807) is 18.2 Å². The molecule has 0 atom stereocenters. The Kier molecular flexibility index (Phi) is 12.7. The molecule has 35 heavy (non-hydrogen) atoms. The largest absolute Gasteiger partial charge is 0.460 e. The van der Waals surface area contributed by atoms with E-state index in [9.17, 15) is 18.0 Å². The number of nitrogens with one attached hydrogen (secondary N) is 1. The number of esters is 1. The number of alkyl halides is 3. The first kappa shape index (κ1) is 28.1. The molecule has 7 nitrogen and oxygen atoms in total. The fraction of sp³-hybridized carbons (Fsp3) is 0.400. The maximum absolute atomic E-state index is 12.9. The molecule has 0 aliphatic rings. The molecule has 1 N–H and O–H groups in total. The molecule has 10 heteroatoms. The van der Waals surface area contributed by atoms with Crippen LogP contribution in [-0.4, -0.2) is 65.4 Å². The number of hydrogen-bond donors (Lipinski definition) is 1. The van der Waals surface area contributed by atoms with Gasteiger partial charge in [0.1, 0.15) is 13.2 Å². The van der Waals surface area contributed by atoms with Crippen molar-refractivity contribution in [3.05, 3.63) is 59.7 Å². The van der Waals surface area contributed by atoms with Gasteiger partial charge in [-0.05, 0) is 30.3 Å².